The molecule has 19 heavy (non-hydrogen) atoms. The highest BCUT2D eigenvalue weighted by Gasteiger charge is 2.38. The third kappa shape index (κ3) is 2.42. The molecule has 2 N–H and O–H groups in total. The molecule has 1 aliphatic rings. The molecule has 1 aliphatic heterocycles. The average molecular weight is 264 g/mol. The maximum atomic E-state index is 11.3. The van der Waals surface area contributed by atoms with E-state index in [0.717, 1.165) is 12.0 Å². The van der Waals surface area contributed by atoms with Gasteiger partial charge in [0.15, 0.2) is 0 Å². The van der Waals surface area contributed by atoms with Gasteiger partial charge in [0.2, 0.25) is 0 Å². The van der Waals surface area contributed by atoms with E-state index in [2.05, 4.69) is 4.98 Å². The second-order valence-electron chi connectivity index (χ2n) is 5.68. The first-order valence-electron chi connectivity index (χ1n) is 6.55. The third-order valence-corrected chi connectivity index (χ3v) is 3.61. The molecule has 0 aromatic carbocycles. The molecule has 0 radical (unpaired) electrons. The molecule has 1 unspecified atom stereocenters. The Morgan fingerprint density at radius 3 is 2.84 bits per heavy atom. The number of amides is 1. The van der Waals surface area contributed by atoms with E-state index in [9.17, 15) is 15.0 Å². The zero-order valence-electron chi connectivity index (χ0n) is 11.6. The average Bonchev–Trinajstić information content (AvgIpc) is 2.61. The minimum Gasteiger partial charge on any atom is -0.465 e. The van der Waals surface area contributed by atoms with Gasteiger partial charge in [0.25, 0.3) is 0 Å². The number of carbonyl (C=O) groups is 1. The van der Waals surface area contributed by atoms with E-state index < -0.39 is 12.2 Å². The number of aliphatic hydroxyl groups excluding tert-OH is 1. The molecule has 104 valence electrons. The highest BCUT2D eigenvalue weighted by Crippen LogP contribution is 2.41. The number of hydrogen-bond acceptors (Lipinski definition) is 3. The molecule has 0 aliphatic carbocycles. The number of rotatable bonds is 3. The van der Waals surface area contributed by atoms with Crippen molar-refractivity contribution >= 4 is 11.8 Å². The van der Waals surface area contributed by atoms with E-state index in [4.69, 9.17) is 0 Å². The summed E-state index contributed by atoms with van der Waals surface area (Å²) in [5.41, 5.74) is 1.87. The summed E-state index contributed by atoms with van der Waals surface area (Å²) in [6.45, 7) is 6.41. The summed E-state index contributed by atoms with van der Waals surface area (Å²) in [5.74, 6) is 0. The van der Waals surface area contributed by atoms with Crippen LogP contribution in [0.2, 0.25) is 0 Å². The number of anilines is 1. The number of pyridine rings is 1. The first-order valence-corrected chi connectivity index (χ1v) is 6.55. The monoisotopic (exact) mass is 264 g/mol. The van der Waals surface area contributed by atoms with Gasteiger partial charge in [-0.15, -0.1) is 0 Å². The van der Waals surface area contributed by atoms with Gasteiger partial charge in [0.05, 0.1) is 17.5 Å². The zero-order valence-corrected chi connectivity index (χ0v) is 11.6. The van der Waals surface area contributed by atoms with E-state index in [-0.39, 0.29) is 5.41 Å². The van der Waals surface area contributed by atoms with E-state index in [1.54, 1.807) is 12.3 Å². The fourth-order valence-corrected chi connectivity index (χ4v) is 2.54. The van der Waals surface area contributed by atoms with Crippen molar-refractivity contribution in [2.75, 3.05) is 11.4 Å². The number of carboxylic acid groups (broad SMARTS) is 1. The lowest BCUT2D eigenvalue weighted by Crippen LogP contribution is -2.32. The van der Waals surface area contributed by atoms with Crippen molar-refractivity contribution in [1.82, 2.24) is 4.98 Å². The smallest absolute Gasteiger partial charge is 0.411 e. The number of fused-ring (bicyclic) bond motifs is 1. The van der Waals surface area contributed by atoms with Crippen LogP contribution < -0.4 is 4.90 Å². The SMILES string of the molecule is CCCC(O)c1cc2c(cn1)C(C)(C)CN2C(=O)O. The molecule has 0 saturated heterocycles. The molecule has 0 saturated carbocycles. The van der Waals surface area contributed by atoms with E-state index in [0.29, 0.717) is 24.3 Å². The minimum atomic E-state index is -0.964. The fourth-order valence-electron chi connectivity index (χ4n) is 2.54. The highest BCUT2D eigenvalue weighted by molar-refractivity contribution is 5.90. The van der Waals surface area contributed by atoms with Gasteiger partial charge in [-0.3, -0.25) is 9.88 Å². The van der Waals surface area contributed by atoms with Gasteiger partial charge >= 0.3 is 6.09 Å². The van der Waals surface area contributed by atoms with Crippen molar-refractivity contribution in [3.63, 3.8) is 0 Å². The highest BCUT2D eigenvalue weighted by atomic mass is 16.4. The second kappa shape index (κ2) is 4.81. The summed E-state index contributed by atoms with van der Waals surface area (Å²) in [4.78, 5) is 16.9. The zero-order chi connectivity index (χ0) is 14.2. The van der Waals surface area contributed by atoms with E-state index in [1.165, 1.54) is 4.90 Å². The fraction of sp³-hybridized carbons (Fsp3) is 0.571. The Balaban J connectivity index is 2.43. The van der Waals surface area contributed by atoms with Crippen molar-refractivity contribution in [1.29, 1.82) is 0 Å². The maximum Gasteiger partial charge on any atom is 0.411 e. The Morgan fingerprint density at radius 2 is 2.26 bits per heavy atom. The van der Waals surface area contributed by atoms with Crippen molar-refractivity contribution < 1.29 is 15.0 Å². The van der Waals surface area contributed by atoms with Crippen molar-refractivity contribution in [2.24, 2.45) is 0 Å². The lowest BCUT2D eigenvalue weighted by molar-refractivity contribution is 0.161. The molecule has 5 heteroatoms. The molecule has 0 bridgehead atoms. The number of nitrogens with zero attached hydrogens (tertiary/aromatic N) is 2. The van der Waals surface area contributed by atoms with Crippen LogP contribution in [0.4, 0.5) is 10.5 Å². The Kier molecular flexibility index (Phi) is 3.49. The molecule has 0 fully saturated rings. The standard InChI is InChI=1S/C14H20N2O3/c1-4-5-12(17)10-6-11-9(7-15-10)14(2,3)8-16(11)13(18)19/h6-7,12,17H,4-5,8H2,1-3H3,(H,18,19). The van der Waals surface area contributed by atoms with Crippen LogP contribution in [-0.2, 0) is 5.41 Å². The Labute approximate surface area is 112 Å². The van der Waals surface area contributed by atoms with Gasteiger partial charge in [0.1, 0.15) is 0 Å². The molecule has 5 nitrogen and oxygen atoms in total. The molecule has 1 atom stereocenters. The Bertz CT molecular complexity index is 499. The van der Waals surface area contributed by atoms with Crippen LogP contribution in [0, 0.1) is 0 Å². The third-order valence-electron chi connectivity index (χ3n) is 3.61. The normalized spacial score (nSPS) is 18.2. The van der Waals surface area contributed by atoms with Crippen LogP contribution in [-0.4, -0.2) is 27.8 Å². The predicted molar refractivity (Wildman–Crippen MR) is 72.5 cm³/mol. The summed E-state index contributed by atoms with van der Waals surface area (Å²) in [6.07, 6.45) is 1.59. The lowest BCUT2D eigenvalue weighted by Gasteiger charge is -2.18. The van der Waals surface area contributed by atoms with Crippen molar-refractivity contribution in [3.8, 4) is 0 Å². The molecule has 0 spiro atoms. The van der Waals surface area contributed by atoms with Gasteiger partial charge in [0, 0.05) is 23.7 Å². The summed E-state index contributed by atoms with van der Waals surface area (Å²) in [7, 11) is 0. The number of aromatic nitrogens is 1. The van der Waals surface area contributed by atoms with Crippen molar-refractivity contribution in [3.05, 3.63) is 23.5 Å². The van der Waals surface area contributed by atoms with Gasteiger partial charge in [-0.2, -0.15) is 0 Å². The van der Waals surface area contributed by atoms with Crippen LogP contribution in [0.5, 0.6) is 0 Å². The maximum absolute atomic E-state index is 11.3. The number of aliphatic hydroxyl groups is 1. The predicted octanol–water partition coefficient (Wildman–Crippen LogP) is 2.69. The summed E-state index contributed by atoms with van der Waals surface area (Å²) in [6, 6.07) is 1.71. The van der Waals surface area contributed by atoms with Crippen LogP contribution in [0.3, 0.4) is 0 Å². The van der Waals surface area contributed by atoms with Crippen LogP contribution >= 0.6 is 0 Å². The van der Waals surface area contributed by atoms with Crippen LogP contribution in [0.15, 0.2) is 12.3 Å². The summed E-state index contributed by atoms with van der Waals surface area (Å²) in [5, 5.41) is 19.2. The first-order chi connectivity index (χ1) is 8.86. The molecule has 1 aromatic rings. The largest absolute Gasteiger partial charge is 0.465 e. The van der Waals surface area contributed by atoms with Gasteiger partial charge in [-0.25, -0.2) is 4.79 Å². The summed E-state index contributed by atoms with van der Waals surface area (Å²) < 4.78 is 0. The topological polar surface area (TPSA) is 73.7 Å². The molecule has 1 amide bonds. The van der Waals surface area contributed by atoms with Crippen LogP contribution in [0.1, 0.15) is 51.0 Å². The Morgan fingerprint density at radius 1 is 1.58 bits per heavy atom. The van der Waals surface area contributed by atoms with Crippen molar-refractivity contribution in [2.45, 2.75) is 45.1 Å². The summed E-state index contributed by atoms with van der Waals surface area (Å²) >= 11 is 0. The second-order valence-corrected chi connectivity index (χ2v) is 5.68. The van der Waals surface area contributed by atoms with Gasteiger partial charge in [-0.05, 0) is 12.5 Å². The van der Waals surface area contributed by atoms with E-state index in [1.807, 2.05) is 20.8 Å². The quantitative estimate of drug-likeness (QED) is 0.880. The van der Waals surface area contributed by atoms with E-state index >= 15 is 0 Å². The molecular weight excluding hydrogens is 244 g/mol. The van der Waals surface area contributed by atoms with Crippen LogP contribution in [0.25, 0.3) is 0 Å². The lowest BCUT2D eigenvalue weighted by atomic mass is 9.88. The number of hydrogen-bond donors (Lipinski definition) is 2. The molecular formula is C14H20N2O3. The molecule has 1 aromatic heterocycles. The van der Waals surface area contributed by atoms with Gasteiger partial charge in [-0.1, -0.05) is 27.2 Å². The minimum absolute atomic E-state index is 0.241. The molecule has 2 heterocycles. The Hall–Kier alpha value is -1.62. The first kappa shape index (κ1) is 13.8. The van der Waals surface area contributed by atoms with Gasteiger partial charge < -0.3 is 10.2 Å². The molecule has 2 rings (SSSR count).